The molecule has 19 heavy (non-hydrogen) atoms. The van der Waals surface area contributed by atoms with E-state index in [1.54, 1.807) is 0 Å². The van der Waals surface area contributed by atoms with Gasteiger partial charge in [0.25, 0.3) is 0 Å². The number of carbonyl (C=O) groups is 1. The van der Waals surface area contributed by atoms with Crippen molar-refractivity contribution in [3.8, 4) is 0 Å². The summed E-state index contributed by atoms with van der Waals surface area (Å²) in [5.41, 5.74) is 2.11. The molecular formula is C16H15NO2. The van der Waals surface area contributed by atoms with Gasteiger partial charge in [0.2, 0.25) is 5.78 Å². The third kappa shape index (κ3) is 1.78. The summed E-state index contributed by atoms with van der Waals surface area (Å²) in [5.74, 6) is -0.0290. The number of hydrogen-bond donors (Lipinski definition) is 1. The molecule has 0 radical (unpaired) electrons. The SMILES string of the molecule is CCC(CO)N=C1C(=O)c2cccc3cccc1c23. The highest BCUT2D eigenvalue weighted by Crippen LogP contribution is 2.31. The van der Waals surface area contributed by atoms with Crippen LogP contribution in [0.2, 0.25) is 0 Å². The third-order valence-corrected chi connectivity index (χ3v) is 3.61. The predicted molar refractivity (Wildman–Crippen MR) is 76.0 cm³/mol. The second-order valence-corrected chi connectivity index (χ2v) is 4.76. The molecule has 96 valence electrons. The number of carbonyl (C=O) groups excluding carboxylic acids is 1. The molecule has 1 atom stereocenters. The quantitative estimate of drug-likeness (QED) is 0.914. The average Bonchev–Trinajstić information content (AvgIpc) is 2.72. The number of rotatable bonds is 3. The molecule has 3 heteroatoms. The first-order chi connectivity index (χ1) is 9.26. The number of benzene rings is 2. The highest BCUT2D eigenvalue weighted by atomic mass is 16.3. The lowest BCUT2D eigenvalue weighted by molar-refractivity contribution is 0.106. The van der Waals surface area contributed by atoms with Crippen molar-refractivity contribution in [2.75, 3.05) is 6.61 Å². The second kappa shape index (κ2) is 4.59. The maximum atomic E-state index is 12.4. The van der Waals surface area contributed by atoms with Gasteiger partial charge in [0.1, 0.15) is 5.71 Å². The van der Waals surface area contributed by atoms with Crippen molar-refractivity contribution < 1.29 is 9.90 Å². The molecule has 0 bridgehead atoms. The van der Waals surface area contributed by atoms with Crippen molar-refractivity contribution in [3.63, 3.8) is 0 Å². The Bertz CT molecular complexity index is 679. The van der Waals surface area contributed by atoms with E-state index in [1.165, 1.54) is 0 Å². The Balaban J connectivity index is 2.23. The van der Waals surface area contributed by atoms with Crippen molar-refractivity contribution in [1.82, 2.24) is 0 Å². The van der Waals surface area contributed by atoms with Crippen LogP contribution in [0.1, 0.15) is 29.3 Å². The molecule has 0 aromatic heterocycles. The number of aliphatic imine (C=N–C) groups is 1. The second-order valence-electron chi connectivity index (χ2n) is 4.76. The van der Waals surface area contributed by atoms with Gasteiger partial charge in [-0.2, -0.15) is 0 Å². The third-order valence-electron chi connectivity index (χ3n) is 3.61. The Labute approximate surface area is 111 Å². The Morgan fingerprint density at radius 2 is 1.84 bits per heavy atom. The van der Waals surface area contributed by atoms with E-state index in [9.17, 15) is 9.90 Å². The van der Waals surface area contributed by atoms with Crippen molar-refractivity contribution in [3.05, 3.63) is 47.5 Å². The van der Waals surface area contributed by atoms with Crippen LogP contribution >= 0.6 is 0 Å². The zero-order valence-electron chi connectivity index (χ0n) is 10.8. The number of aliphatic hydroxyl groups is 1. The van der Waals surface area contributed by atoms with Crippen molar-refractivity contribution in [2.45, 2.75) is 19.4 Å². The van der Waals surface area contributed by atoms with Crippen LogP contribution in [0.5, 0.6) is 0 Å². The molecule has 0 fully saturated rings. The molecular weight excluding hydrogens is 238 g/mol. The summed E-state index contributed by atoms with van der Waals surface area (Å²) in [6.45, 7) is 1.93. The highest BCUT2D eigenvalue weighted by molar-refractivity contribution is 6.59. The van der Waals surface area contributed by atoms with Crippen molar-refractivity contribution in [2.24, 2.45) is 4.99 Å². The van der Waals surface area contributed by atoms with Crippen LogP contribution in [0.15, 0.2) is 41.4 Å². The lowest BCUT2D eigenvalue weighted by atomic mass is 10.1. The van der Waals surface area contributed by atoms with Gasteiger partial charge in [-0.1, -0.05) is 43.3 Å². The topological polar surface area (TPSA) is 49.7 Å². The van der Waals surface area contributed by atoms with Crippen LogP contribution < -0.4 is 0 Å². The standard InChI is InChI=1S/C16H15NO2/c1-2-11(9-18)17-15-12-7-3-5-10-6-4-8-13(14(10)12)16(15)19/h3-8,11,18H,2,9H2,1H3. The molecule has 1 aliphatic carbocycles. The largest absolute Gasteiger partial charge is 0.394 e. The molecule has 1 unspecified atom stereocenters. The molecule has 0 saturated carbocycles. The summed E-state index contributed by atoms with van der Waals surface area (Å²) < 4.78 is 0. The molecule has 0 heterocycles. The Morgan fingerprint density at radius 3 is 2.47 bits per heavy atom. The van der Waals surface area contributed by atoms with Gasteiger partial charge in [-0.25, -0.2) is 0 Å². The lowest BCUT2D eigenvalue weighted by Crippen LogP contribution is -2.16. The van der Waals surface area contributed by atoms with E-state index in [4.69, 9.17) is 0 Å². The van der Waals surface area contributed by atoms with E-state index in [2.05, 4.69) is 4.99 Å². The molecule has 2 aromatic rings. The van der Waals surface area contributed by atoms with Gasteiger partial charge >= 0.3 is 0 Å². The van der Waals surface area contributed by atoms with Crippen LogP contribution in [0, 0.1) is 0 Å². The fourth-order valence-corrected chi connectivity index (χ4v) is 2.55. The van der Waals surface area contributed by atoms with Gasteiger partial charge in [-0.3, -0.25) is 9.79 Å². The smallest absolute Gasteiger partial charge is 0.212 e. The Hall–Kier alpha value is -2.00. The van der Waals surface area contributed by atoms with E-state index >= 15 is 0 Å². The van der Waals surface area contributed by atoms with Crippen molar-refractivity contribution in [1.29, 1.82) is 0 Å². The average molecular weight is 253 g/mol. The minimum Gasteiger partial charge on any atom is -0.394 e. The molecule has 1 N–H and O–H groups in total. The van der Waals surface area contributed by atoms with E-state index in [0.717, 1.165) is 28.3 Å². The molecule has 0 amide bonds. The molecule has 3 nitrogen and oxygen atoms in total. The molecule has 2 aromatic carbocycles. The van der Waals surface area contributed by atoms with Crippen LogP contribution in [0.3, 0.4) is 0 Å². The van der Waals surface area contributed by atoms with Crippen LogP contribution in [-0.2, 0) is 0 Å². The van der Waals surface area contributed by atoms with E-state index < -0.39 is 0 Å². The number of Topliss-reactive ketones (excluding diaryl/α,β-unsaturated/α-hetero) is 1. The number of nitrogens with zero attached hydrogens (tertiary/aromatic N) is 1. The minimum atomic E-state index is -0.205. The lowest BCUT2D eigenvalue weighted by Gasteiger charge is -2.07. The molecule has 3 rings (SSSR count). The first kappa shape index (κ1) is 12.1. The fraction of sp³-hybridized carbons (Fsp3) is 0.250. The van der Waals surface area contributed by atoms with Gasteiger partial charge in [0, 0.05) is 16.5 Å². The summed E-state index contributed by atoms with van der Waals surface area (Å²) in [6.07, 6.45) is 0.722. The number of aliphatic hydroxyl groups excluding tert-OH is 1. The van der Waals surface area contributed by atoms with Gasteiger partial charge in [-0.05, 0) is 11.8 Å². The maximum Gasteiger partial charge on any atom is 0.212 e. The Kier molecular flexibility index (Phi) is 2.91. The molecule has 0 spiro atoms. The first-order valence-corrected chi connectivity index (χ1v) is 6.51. The first-order valence-electron chi connectivity index (χ1n) is 6.51. The van der Waals surface area contributed by atoms with E-state index in [1.807, 2.05) is 43.3 Å². The summed E-state index contributed by atoms with van der Waals surface area (Å²) >= 11 is 0. The van der Waals surface area contributed by atoms with Gasteiger partial charge in [0.15, 0.2) is 0 Å². The molecule has 0 saturated heterocycles. The summed E-state index contributed by atoms with van der Waals surface area (Å²) in [6, 6.07) is 11.4. The van der Waals surface area contributed by atoms with Crippen LogP contribution in [0.25, 0.3) is 10.8 Å². The molecule has 1 aliphatic rings. The summed E-state index contributed by atoms with van der Waals surface area (Å²) in [7, 11) is 0. The highest BCUT2D eigenvalue weighted by Gasteiger charge is 2.28. The number of hydrogen-bond acceptors (Lipinski definition) is 3. The fourth-order valence-electron chi connectivity index (χ4n) is 2.55. The molecule has 0 aliphatic heterocycles. The number of ketones is 1. The van der Waals surface area contributed by atoms with Crippen LogP contribution in [-0.4, -0.2) is 29.3 Å². The Morgan fingerprint density at radius 1 is 1.16 bits per heavy atom. The van der Waals surface area contributed by atoms with Crippen LogP contribution in [0.4, 0.5) is 0 Å². The van der Waals surface area contributed by atoms with E-state index in [0.29, 0.717) is 5.71 Å². The van der Waals surface area contributed by atoms with Gasteiger partial charge in [0.05, 0.1) is 12.6 Å². The van der Waals surface area contributed by atoms with E-state index in [-0.39, 0.29) is 18.4 Å². The summed E-state index contributed by atoms with van der Waals surface area (Å²) in [4.78, 5) is 16.9. The predicted octanol–water partition coefficient (Wildman–Crippen LogP) is 2.60. The maximum absolute atomic E-state index is 12.4. The van der Waals surface area contributed by atoms with Crippen molar-refractivity contribution >= 4 is 22.3 Å². The van der Waals surface area contributed by atoms with Gasteiger partial charge < -0.3 is 5.11 Å². The normalized spacial score (nSPS) is 17.4. The monoisotopic (exact) mass is 253 g/mol. The zero-order chi connectivity index (χ0) is 13.4. The minimum absolute atomic E-state index is 0.0282. The van der Waals surface area contributed by atoms with Gasteiger partial charge in [-0.15, -0.1) is 0 Å². The zero-order valence-corrected chi connectivity index (χ0v) is 10.8. The summed E-state index contributed by atoms with van der Waals surface area (Å²) in [5, 5.41) is 11.3.